The minimum Gasteiger partial charge on any atom is -0.469 e. The lowest BCUT2D eigenvalue weighted by molar-refractivity contribution is -0.142. The third-order valence-electron chi connectivity index (χ3n) is 3.28. The SMILES string of the molecule is CCCCCC[C@H]1CC(=O)[C@@H](CC(=O)OC)N1. The number of hydrogen-bond acceptors (Lipinski definition) is 4. The van der Waals surface area contributed by atoms with E-state index in [1.165, 1.54) is 26.4 Å². The summed E-state index contributed by atoms with van der Waals surface area (Å²) in [5, 5.41) is 3.23. The number of ketones is 1. The standard InChI is InChI=1S/C13H23NO3/c1-3-4-5-6-7-10-8-12(15)11(14-10)9-13(16)17-2/h10-11,14H,3-9H2,1-2H3/t10-,11+/m0/s1. The van der Waals surface area contributed by atoms with Crippen LogP contribution in [0.5, 0.6) is 0 Å². The Hall–Kier alpha value is -0.900. The van der Waals surface area contributed by atoms with Gasteiger partial charge >= 0.3 is 5.97 Å². The fourth-order valence-corrected chi connectivity index (χ4v) is 2.25. The molecule has 1 aliphatic rings. The highest BCUT2D eigenvalue weighted by Gasteiger charge is 2.32. The minimum atomic E-state index is -0.321. The van der Waals surface area contributed by atoms with Crippen molar-refractivity contribution in [2.75, 3.05) is 7.11 Å². The molecule has 0 amide bonds. The Labute approximate surface area is 103 Å². The van der Waals surface area contributed by atoms with Crippen LogP contribution in [0.3, 0.4) is 0 Å². The van der Waals surface area contributed by atoms with Crippen molar-refractivity contribution < 1.29 is 14.3 Å². The molecule has 1 heterocycles. The van der Waals surface area contributed by atoms with Gasteiger partial charge in [0.15, 0.2) is 5.78 Å². The number of carbonyl (C=O) groups is 2. The third-order valence-corrected chi connectivity index (χ3v) is 3.28. The molecule has 0 aliphatic carbocycles. The van der Waals surface area contributed by atoms with Gasteiger partial charge in [-0.25, -0.2) is 0 Å². The molecule has 1 aliphatic heterocycles. The van der Waals surface area contributed by atoms with Crippen LogP contribution in [0.2, 0.25) is 0 Å². The van der Waals surface area contributed by atoms with Gasteiger partial charge in [0.25, 0.3) is 0 Å². The fourth-order valence-electron chi connectivity index (χ4n) is 2.25. The lowest BCUT2D eigenvalue weighted by Crippen LogP contribution is -2.33. The fraction of sp³-hybridized carbons (Fsp3) is 0.846. The molecular formula is C13H23NO3. The number of hydrogen-bond donors (Lipinski definition) is 1. The summed E-state index contributed by atoms with van der Waals surface area (Å²) < 4.78 is 4.58. The Morgan fingerprint density at radius 3 is 2.82 bits per heavy atom. The highest BCUT2D eigenvalue weighted by molar-refractivity contribution is 5.90. The van der Waals surface area contributed by atoms with Crippen LogP contribution in [0.25, 0.3) is 0 Å². The van der Waals surface area contributed by atoms with Crippen molar-refractivity contribution in [3.05, 3.63) is 0 Å². The van der Waals surface area contributed by atoms with E-state index in [-0.39, 0.29) is 30.3 Å². The molecule has 98 valence electrons. The minimum absolute atomic E-state index is 0.149. The normalized spacial score (nSPS) is 24.0. The van der Waals surface area contributed by atoms with Gasteiger partial charge in [0.1, 0.15) is 0 Å². The Balaban J connectivity index is 2.24. The largest absolute Gasteiger partial charge is 0.469 e. The van der Waals surface area contributed by atoms with E-state index in [0.29, 0.717) is 6.42 Å². The van der Waals surface area contributed by atoms with E-state index >= 15 is 0 Å². The van der Waals surface area contributed by atoms with Crippen LogP contribution < -0.4 is 5.32 Å². The summed E-state index contributed by atoms with van der Waals surface area (Å²) in [5.74, 6) is -0.168. The number of unbranched alkanes of at least 4 members (excludes halogenated alkanes) is 3. The molecule has 0 unspecified atom stereocenters. The second kappa shape index (κ2) is 7.43. The highest BCUT2D eigenvalue weighted by atomic mass is 16.5. The van der Waals surface area contributed by atoms with E-state index in [1.807, 2.05) is 0 Å². The molecule has 0 aromatic rings. The van der Waals surface area contributed by atoms with Crippen LogP contribution in [0.15, 0.2) is 0 Å². The second-order valence-electron chi connectivity index (χ2n) is 4.72. The summed E-state index contributed by atoms with van der Waals surface area (Å²) in [6, 6.07) is -0.0624. The molecule has 2 atom stereocenters. The predicted molar refractivity (Wildman–Crippen MR) is 65.7 cm³/mol. The maximum atomic E-state index is 11.7. The molecule has 0 aromatic heterocycles. The van der Waals surface area contributed by atoms with Gasteiger partial charge in [0.2, 0.25) is 0 Å². The number of methoxy groups -OCH3 is 1. The molecule has 0 spiro atoms. The maximum absolute atomic E-state index is 11.7. The zero-order chi connectivity index (χ0) is 12.7. The molecule has 0 bridgehead atoms. The van der Waals surface area contributed by atoms with Crippen molar-refractivity contribution in [3.8, 4) is 0 Å². The molecule has 0 aromatic carbocycles. The number of rotatable bonds is 7. The topological polar surface area (TPSA) is 55.4 Å². The van der Waals surface area contributed by atoms with Gasteiger partial charge < -0.3 is 10.1 Å². The van der Waals surface area contributed by atoms with Gasteiger partial charge in [-0.2, -0.15) is 0 Å². The molecule has 4 heteroatoms. The molecule has 1 fully saturated rings. The van der Waals surface area contributed by atoms with Crippen molar-refractivity contribution >= 4 is 11.8 Å². The van der Waals surface area contributed by atoms with Crippen LogP contribution in [0, 0.1) is 0 Å². The zero-order valence-electron chi connectivity index (χ0n) is 10.8. The van der Waals surface area contributed by atoms with E-state index in [1.54, 1.807) is 0 Å². The Morgan fingerprint density at radius 1 is 1.41 bits per heavy atom. The van der Waals surface area contributed by atoms with Gasteiger partial charge in [-0.3, -0.25) is 9.59 Å². The Kier molecular flexibility index (Phi) is 6.19. The van der Waals surface area contributed by atoms with Crippen LogP contribution in [-0.4, -0.2) is 30.9 Å². The molecule has 1 saturated heterocycles. The predicted octanol–water partition coefficient (Wildman–Crippen LogP) is 1.82. The van der Waals surface area contributed by atoms with E-state index in [2.05, 4.69) is 17.0 Å². The number of carbonyl (C=O) groups excluding carboxylic acids is 2. The highest BCUT2D eigenvalue weighted by Crippen LogP contribution is 2.17. The van der Waals surface area contributed by atoms with Crippen LogP contribution >= 0.6 is 0 Å². The average Bonchev–Trinajstić information content (AvgIpc) is 2.65. The Bertz CT molecular complexity index is 265. The van der Waals surface area contributed by atoms with Crippen LogP contribution in [0.1, 0.15) is 51.9 Å². The Morgan fingerprint density at radius 2 is 2.18 bits per heavy atom. The van der Waals surface area contributed by atoms with Gasteiger partial charge in [-0.15, -0.1) is 0 Å². The molecule has 0 saturated carbocycles. The maximum Gasteiger partial charge on any atom is 0.307 e. The lowest BCUT2D eigenvalue weighted by Gasteiger charge is -2.11. The smallest absolute Gasteiger partial charge is 0.307 e. The van der Waals surface area contributed by atoms with E-state index < -0.39 is 0 Å². The van der Waals surface area contributed by atoms with Crippen molar-refractivity contribution in [1.29, 1.82) is 0 Å². The first-order valence-electron chi connectivity index (χ1n) is 6.53. The van der Waals surface area contributed by atoms with Crippen LogP contribution in [0.4, 0.5) is 0 Å². The molecule has 1 N–H and O–H groups in total. The monoisotopic (exact) mass is 241 g/mol. The van der Waals surface area contributed by atoms with Gasteiger partial charge in [0, 0.05) is 12.5 Å². The summed E-state index contributed by atoms with van der Waals surface area (Å²) in [6.07, 6.45) is 6.63. The average molecular weight is 241 g/mol. The zero-order valence-corrected chi connectivity index (χ0v) is 10.8. The van der Waals surface area contributed by atoms with E-state index in [9.17, 15) is 9.59 Å². The molecule has 4 nitrogen and oxygen atoms in total. The first-order chi connectivity index (χ1) is 8.17. The molecule has 17 heavy (non-hydrogen) atoms. The van der Waals surface area contributed by atoms with Crippen molar-refractivity contribution in [3.63, 3.8) is 0 Å². The van der Waals surface area contributed by atoms with Crippen molar-refractivity contribution in [2.24, 2.45) is 0 Å². The van der Waals surface area contributed by atoms with E-state index in [0.717, 1.165) is 12.8 Å². The van der Waals surface area contributed by atoms with Gasteiger partial charge in [-0.1, -0.05) is 32.6 Å². The van der Waals surface area contributed by atoms with Crippen molar-refractivity contribution in [2.45, 2.75) is 64.0 Å². The summed E-state index contributed by atoms with van der Waals surface area (Å²) >= 11 is 0. The van der Waals surface area contributed by atoms with Gasteiger partial charge in [0.05, 0.1) is 19.6 Å². The van der Waals surface area contributed by atoms with Crippen LogP contribution in [-0.2, 0) is 14.3 Å². The molecular weight excluding hydrogens is 218 g/mol. The number of nitrogens with one attached hydrogen (secondary N) is 1. The summed E-state index contributed by atoms with van der Waals surface area (Å²) in [5.41, 5.74) is 0. The van der Waals surface area contributed by atoms with Gasteiger partial charge in [-0.05, 0) is 6.42 Å². The first-order valence-corrected chi connectivity index (χ1v) is 6.53. The number of Topliss-reactive ketones (excluding diaryl/α,β-unsaturated/α-hetero) is 1. The summed E-state index contributed by atoms with van der Waals surface area (Å²) in [4.78, 5) is 22.8. The van der Waals surface area contributed by atoms with Crippen molar-refractivity contribution in [1.82, 2.24) is 5.32 Å². The summed E-state index contributed by atoms with van der Waals surface area (Å²) in [7, 11) is 1.35. The molecule has 0 radical (unpaired) electrons. The quantitative estimate of drug-likeness (QED) is 0.545. The molecule has 1 rings (SSSR count). The lowest BCUT2D eigenvalue weighted by atomic mass is 10.1. The number of esters is 1. The summed E-state index contributed by atoms with van der Waals surface area (Å²) in [6.45, 7) is 2.18. The van der Waals surface area contributed by atoms with E-state index in [4.69, 9.17) is 0 Å². The third kappa shape index (κ3) is 4.86. The number of ether oxygens (including phenoxy) is 1. The first kappa shape index (κ1) is 14.2. The second-order valence-corrected chi connectivity index (χ2v) is 4.72.